The van der Waals surface area contributed by atoms with Crippen LogP contribution in [-0.4, -0.2) is 47.0 Å². The molecule has 8 heteroatoms. The van der Waals surface area contributed by atoms with Gasteiger partial charge in [-0.3, -0.25) is 9.59 Å². The first-order valence-corrected chi connectivity index (χ1v) is 11.6. The predicted octanol–water partition coefficient (Wildman–Crippen LogP) is 1.47. The number of nitrogens with zero attached hydrogens (tertiary/aromatic N) is 2. The Morgan fingerprint density at radius 1 is 1.25 bits per heavy atom. The molecule has 0 aromatic carbocycles. The van der Waals surface area contributed by atoms with Gasteiger partial charge in [-0.25, -0.2) is 4.98 Å². The van der Waals surface area contributed by atoms with E-state index in [1.165, 1.54) is 39.5 Å². The summed E-state index contributed by atoms with van der Waals surface area (Å²) in [7, 11) is 0. The lowest BCUT2D eigenvalue weighted by Crippen LogP contribution is -3.13. The molecule has 5 rings (SSSR count). The second-order valence-corrected chi connectivity index (χ2v) is 9.63. The van der Waals surface area contributed by atoms with Crippen molar-refractivity contribution < 1.29 is 9.69 Å². The Hall–Kier alpha value is -2.03. The van der Waals surface area contributed by atoms with E-state index < -0.39 is 0 Å². The van der Waals surface area contributed by atoms with Crippen molar-refractivity contribution in [2.75, 3.05) is 26.2 Å². The SMILES string of the molecule is O=C(c1cccs1)N1CC[NH+](Cc2nc3sc4c(c3c(=O)[nH]2)CCCC4)CC1. The van der Waals surface area contributed by atoms with Gasteiger partial charge in [0.25, 0.3) is 11.5 Å². The molecule has 0 radical (unpaired) electrons. The van der Waals surface area contributed by atoms with Gasteiger partial charge < -0.3 is 14.8 Å². The smallest absolute Gasteiger partial charge is 0.264 e. The van der Waals surface area contributed by atoms with Gasteiger partial charge in [-0.2, -0.15) is 0 Å². The molecule has 3 aromatic rings. The summed E-state index contributed by atoms with van der Waals surface area (Å²) < 4.78 is 0. The molecule has 6 nitrogen and oxygen atoms in total. The highest BCUT2D eigenvalue weighted by Crippen LogP contribution is 2.33. The van der Waals surface area contributed by atoms with E-state index in [1.807, 2.05) is 22.4 Å². The Balaban J connectivity index is 1.29. The van der Waals surface area contributed by atoms with Crippen molar-refractivity contribution in [3.8, 4) is 0 Å². The molecule has 4 heterocycles. The van der Waals surface area contributed by atoms with Crippen LogP contribution in [-0.2, 0) is 19.4 Å². The molecule has 0 spiro atoms. The van der Waals surface area contributed by atoms with Crippen LogP contribution in [0.25, 0.3) is 10.2 Å². The molecule has 1 amide bonds. The third-order valence-corrected chi connectivity index (χ3v) is 7.82. The predicted molar refractivity (Wildman–Crippen MR) is 112 cm³/mol. The molecule has 0 bridgehead atoms. The van der Waals surface area contributed by atoms with E-state index in [-0.39, 0.29) is 11.5 Å². The lowest BCUT2D eigenvalue weighted by molar-refractivity contribution is -0.918. The molecule has 0 atom stereocenters. The van der Waals surface area contributed by atoms with Crippen LogP contribution in [0.15, 0.2) is 22.3 Å². The number of aromatic nitrogens is 2. The maximum Gasteiger partial charge on any atom is 0.264 e. The first-order valence-electron chi connectivity index (χ1n) is 9.89. The zero-order valence-electron chi connectivity index (χ0n) is 15.6. The molecule has 1 aliphatic carbocycles. The van der Waals surface area contributed by atoms with Crippen LogP contribution >= 0.6 is 22.7 Å². The lowest BCUT2D eigenvalue weighted by atomic mass is 9.97. The summed E-state index contributed by atoms with van der Waals surface area (Å²) >= 11 is 3.20. The summed E-state index contributed by atoms with van der Waals surface area (Å²) in [4.78, 5) is 39.4. The number of fused-ring (bicyclic) bond motifs is 3. The van der Waals surface area contributed by atoms with E-state index in [0.717, 1.165) is 59.9 Å². The number of H-pyrrole nitrogens is 1. The number of rotatable bonds is 3. The fourth-order valence-electron chi connectivity index (χ4n) is 4.29. The van der Waals surface area contributed by atoms with Crippen LogP contribution < -0.4 is 10.5 Å². The molecule has 2 aliphatic rings. The van der Waals surface area contributed by atoms with Crippen LogP contribution in [0.4, 0.5) is 0 Å². The Kier molecular flexibility index (Phi) is 4.78. The zero-order chi connectivity index (χ0) is 19.1. The first-order chi connectivity index (χ1) is 13.7. The van der Waals surface area contributed by atoms with Crippen molar-refractivity contribution in [3.63, 3.8) is 0 Å². The standard InChI is InChI=1S/C20H22N4O2S2/c25-18-17-13-4-1-2-5-14(13)28-19(17)22-16(21-18)12-23-7-9-24(10-8-23)20(26)15-6-3-11-27-15/h3,6,11H,1-2,4-5,7-10,12H2,(H,21,22,25)/p+1. The van der Waals surface area contributed by atoms with Crippen molar-refractivity contribution in [1.29, 1.82) is 0 Å². The quantitative estimate of drug-likeness (QED) is 0.681. The second kappa shape index (κ2) is 7.42. The molecule has 3 aromatic heterocycles. The Morgan fingerprint density at radius 3 is 2.86 bits per heavy atom. The monoisotopic (exact) mass is 415 g/mol. The molecule has 1 aliphatic heterocycles. The fourth-order valence-corrected chi connectivity index (χ4v) is 6.26. The zero-order valence-corrected chi connectivity index (χ0v) is 17.3. The number of nitrogens with one attached hydrogen (secondary N) is 2. The van der Waals surface area contributed by atoms with E-state index in [4.69, 9.17) is 4.98 Å². The van der Waals surface area contributed by atoms with Crippen LogP contribution in [0.1, 0.15) is 38.8 Å². The van der Waals surface area contributed by atoms with Crippen LogP contribution in [0.5, 0.6) is 0 Å². The largest absolute Gasteiger partial charge is 0.327 e. The average molecular weight is 416 g/mol. The minimum atomic E-state index is 0.0188. The summed E-state index contributed by atoms with van der Waals surface area (Å²) in [5.74, 6) is 0.898. The van der Waals surface area contributed by atoms with Gasteiger partial charge >= 0.3 is 0 Å². The number of hydrogen-bond donors (Lipinski definition) is 2. The lowest BCUT2D eigenvalue weighted by Gasteiger charge is -2.31. The van der Waals surface area contributed by atoms with Crippen molar-refractivity contribution in [2.45, 2.75) is 32.2 Å². The first kappa shape index (κ1) is 18.0. The number of carbonyl (C=O) groups is 1. The van der Waals surface area contributed by atoms with Crippen molar-refractivity contribution in [3.05, 3.63) is 49.0 Å². The van der Waals surface area contributed by atoms with Crippen molar-refractivity contribution >= 4 is 38.8 Å². The van der Waals surface area contributed by atoms with Gasteiger partial charge in [-0.1, -0.05) is 6.07 Å². The fraction of sp³-hybridized carbons (Fsp3) is 0.450. The van der Waals surface area contributed by atoms with Gasteiger partial charge in [-0.15, -0.1) is 22.7 Å². The van der Waals surface area contributed by atoms with Crippen molar-refractivity contribution in [2.24, 2.45) is 0 Å². The number of carbonyl (C=O) groups excluding carboxylic acids is 1. The summed E-state index contributed by atoms with van der Waals surface area (Å²) in [6, 6.07) is 3.80. The number of amides is 1. The van der Waals surface area contributed by atoms with E-state index >= 15 is 0 Å². The highest BCUT2D eigenvalue weighted by Gasteiger charge is 2.26. The highest BCUT2D eigenvalue weighted by molar-refractivity contribution is 7.18. The summed E-state index contributed by atoms with van der Waals surface area (Å²) in [5, 5.41) is 2.76. The number of aryl methyl sites for hydroxylation is 2. The number of piperazine rings is 1. The molecule has 0 unspecified atom stereocenters. The molecule has 146 valence electrons. The van der Waals surface area contributed by atoms with E-state index in [1.54, 1.807) is 11.3 Å². The maximum atomic E-state index is 12.7. The molecule has 0 saturated carbocycles. The van der Waals surface area contributed by atoms with Gasteiger partial charge in [0.05, 0.1) is 36.4 Å². The highest BCUT2D eigenvalue weighted by atomic mass is 32.1. The minimum absolute atomic E-state index is 0.0188. The van der Waals surface area contributed by atoms with Gasteiger partial charge in [-0.05, 0) is 42.7 Å². The Bertz CT molecular complexity index is 1060. The van der Waals surface area contributed by atoms with Crippen LogP contribution in [0.2, 0.25) is 0 Å². The normalized spacial score (nSPS) is 17.8. The molecule has 28 heavy (non-hydrogen) atoms. The number of aromatic amines is 1. The number of hydrogen-bond acceptors (Lipinski definition) is 5. The number of thiophene rings is 2. The Labute approximate surface area is 170 Å². The van der Waals surface area contributed by atoms with E-state index in [9.17, 15) is 9.59 Å². The minimum Gasteiger partial charge on any atom is -0.327 e. The van der Waals surface area contributed by atoms with Gasteiger partial charge in [0, 0.05) is 4.88 Å². The molecule has 1 fully saturated rings. The average Bonchev–Trinajstić information content (AvgIpc) is 3.36. The molecular weight excluding hydrogens is 392 g/mol. The van der Waals surface area contributed by atoms with Crippen LogP contribution in [0, 0.1) is 0 Å². The number of quaternary nitrogens is 1. The van der Waals surface area contributed by atoms with E-state index in [0.29, 0.717) is 6.54 Å². The maximum absolute atomic E-state index is 12.7. The van der Waals surface area contributed by atoms with Gasteiger partial charge in [0.2, 0.25) is 0 Å². The van der Waals surface area contributed by atoms with E-state index in [2.05, 4.69) is 4.98 Å². The van der Waals surface area contributed by atoms with Gasteiger partial charge in [0.1, 0.15) is 11.4 Å². The summed E-state index contributed by atoms with van der Waals surface area (Å²) in [6.45, 7) is 3.94. The summed E-state index contributed by atoms with van der Waals surface area (Å²) in [6.07, 6.45) is 4.46. The van der Waals surface area contributed by atoms with Gasteiger partial charge in [0.15, 0.2) is 5.82 Å². The van der Waals surface area contributed by atoms with Crippen LogP contribution in [0.3, 0.4) is 0 Å². The Morgan fingerprint density at radius 2 is 2.07 bits per heavy atom. The molecule has 1 saturated heterocycles. The molecular formula is C20H23N4O2S2+. The van der Waals surface area contributed by atoms with Crippen molar-refractivity contribution in [1.82, 2.24) is 14.9 Å². The third-order valence-electron chi connectivity index (χ3n) is 5.78. The molecule has 2 N–H and O–H groups in total. The summed E-state index contributed by atoms with van der Waals surface area (Å²) in [5.41, 5.74) is 1.25. The topological polar surface area (TPSA) is 70.5 Å². The third kappa shape index (κ3) is 3.29. The second-order valence-electron chi connectivity index (χ2n) is 7.60.